The molecule has 178 valence electrons. The van der Waals surface area contributed by atoms with Gasteiger partial charge in [0, 0.05) is 6.54 Å². The summed E-state index contributed by atoms with van der Waals surface area (Å²) < 4.78 is 16.8. The van der Waals surface area contributed by atoms with Crippen LogP contribution in [0.2, 0.25) is 0 Å². The molecule has 4 aromatic rings. The Morgan fingerprint density at radius 1 is 1.03 bits per heavy atom. The van der Waals surface area contributed by atoms with Crippen LogP contribution in [-0.2, 0) is 6.54 Å². The fourth-order valence-corrected chi connectivity index (χ4v) is 4.54. The Labute approximate surface area is 202 Å². The molecule has 35 heavy (non-hydrogen) atoms. The minimum Gasteiger partial charge on any atom is -0.504 e. The second-order valence-electron chi connectivity index (χ2n) is 8.52. The van der Waals surface area contributed by atoms with Crippen molar-refractivity contribution in [2.75, 3.05) is 13.7 Å². The Balaban J connectivity index is 1.70. The van der Waals surface area contributed by atoms with Crippen LogP contribution in [0, 0.1) is 6.92 Å². The van der Waals surface area contributed by atoms with Crippen LogP contribution in [0.3, 0.4) is 0 Å². The molecule has 0 aliphatic carbocycles. The first-order chi connectivity index (χ1) is 16.9. The van der Waals surface area contributed by atoms with E-state index in [1.165, 1.54) is 6.07 Å². The zero-order chi connectivity index (χ0) is 24.7. The highest BCUT2D eigenvalue weighted by molar-refractivity contribution is 5.99. The van der Waals surface area contributed by atoms with E-state index < -0.39 is 6.04 Å². The van der Waals surface area contributed by atoms with E-state index in [1.54, 1.807) is 36.3 Å². The number of aryl methyl sites for hydroxylation is 1. The highest BCUT2D eigenvalue weighted by Gasteiger charge is 2.43. The fraction of sp³-hybridized carbons (Fsp3) is 0.214. The van der Waals surface area contributed by atoms with E-state index in [0.717, 1.165) is 11.1 Å². The van der Waals surface area contributed by atoms with Crippen LogP contribution in [0.4, 0.5) is 0 Å². The third-order valence-corrected chi connectivity index (χ3v) is 6.23. The first-order valence-electron chi connectivity index (χ1n) is 11.4. The maximum absolute atomic E-state index is 13.7. The van der Waals surface area contributed by atoms with Gasteiger partial charge < -0.3 is 23.9 Å². The lowest BCUT2D eigenvalue weighted by Gasteiger charge is -2.26. The molecule has 0 fully saturated rings. The molecule has 5 rings (SSSR count). The second kappa shape index (κ2) is 8.83. The Hall–Kier alpha value is -4.26. The summed E-state index contributed by atoms with van der Waals surface area (Å²) in [5, 5.41) is 10.7. The van der Waals surface area contributed by atoms with Crippen molar-refractivity contribution in [3.63, 3.8) is 0 Å². The lowest BCUT2D eigenvalue weighted by Crippen LogP contribution is -2.29. The molecular formula is C28H25NO6. The summed E-state index contributed by atoms with van der Waals surface area (Å²) in [6.07, 6.45) is 0. The summed E-state index contributed by atoms with van der Waals surface area (Å²) >= 11 is 0. The molecule has 3 aromatic carbocycles. The topological polar surface area (TPSA) is 89.2 Å². The molecule has 1 amide bonds. The van der Waals surface area contributed by atoms with Gasteiger partial charge in [-0.25, -0.2) is 0 Å². The minimum absolute atomic E-state index is 0.0111. The number of methoxy groups -OCH3 is 1. The molecule has 1 aromatic heterocycles. The molecular weight excluding hydrogens is 446 g/mol. The third-order valence-electron chi connectivity index (χ3n) is 6.23. The van der Waals surface area contributed by atoms with Crippen molar-refractivity contribution in [1.82, 2.24) is 4.90 Å². The number of aromatic hydroxyl groups is 1. The van der Waals surface area contributed by atoms with Crippen LogP contribution in [0.15, 0.2) is 69.9 Å². The number of phenols is 1. The molecule has 0 saturated carbocycles. The van der Waals surface area contributed by atoms with Gasteiger partial charge >= 0.3 is 0 Å². The number of hydrogen-bond donors (Lipinski definition) is 1. The van der Waals surface area contributed by atoms with Gasteiger partial charge in [0.2, 0.25) is 5.76 Å². The van der Waals surface area contributed by atoms with Crippen LogP contribution >= 0.6 is 0 Å². The summed E-state index contributed by atoms with van der Waals surface area (Å²) in [6.45, 7) is 4.33. The van der Waals surface area contributed by atoms with Crippen LogP contribution < -0.4 is 14.9 Å². The summed E-state index contributed by atoms with van der Waals surface area (Å²) in [5.41, 5.74) is 2.85. The van der Waals surface area contributed by atoms with Crippen molar-refractivity contribution >= 4 is 16.9 Å². The largest absolute Gasteiger partial charge is 0.504 e. The van der Waals surface area contributed by atoms with E-state index in [9.17, 15) is 14.7 Å². The first-order valence-corrected chi connectivity index (χ1v) is 11.4. The van der Waals surface area contributed by atoms with Gasteiger partial charge in [0.1, 0.15) is 11.3 Å². The molecule has 1 atom stereocenters. The van der Waals surface area contributed by atoms with Crippen LogP contribution in [0.25, 0.3) is 11.0 Å². The van der Waals surface area contributed by atoms with Crippen molar-refractivity contribution in [2.24, 2.45) is 0 Å². The molecule has 0 radical (unpaired) electrons. The average molecular weight is 472 g/mol. The van der Waals surface area contributed by atoms with Crippen LogP contribution in [-0.4, -0.2) is 29.6 Å². The number of hydrogen-bond acceptors (Lipinski definition) is 6. The number of nitrogens with zero attached hydrogens (tertiary/aromatic N) is 1. The molecule has 1 N–H and O–H groups in total. The van der Waals surface area contributed by atoms with Crippen LogP contribution in [0.5, 0.6) is 17.2 Å². The van der Waals surface area contributed by atoms with E-state index in [2.05, 4.69) is 0 Å². The number of ether oxygens (including phenoxy) is 2. The molecule has 0 bridgehead atoms. The Bertz CT molecular complexity index is 1490. The van der Waals surface area contributed by atoms with E-state index in [-0.39, 0.29) is 40.7 Å². The molecule has 7 heteroatoms. The quantitative estimate of drug-likeness (QED) is 0.428. The van der Waals surface area contributed by atoms with Gasteiger partial charge in [0.25, 0.3) is 5.91 Å². The summed E-state index contributed by atoms with van der Waals surface area (Å²) in [4.78, 5) is 29.0. The monoisotopic (exact) mass is 471 g/mol. The highest BCUT2D eigenvalue weighted by atomic mass is 16.5. The lowest BCUT2D eigenvalue weighted by atomic mass is 9.97. The van der Waals surface area contributed by atoms with Gasteiger partial charge in [0.15, 0.2) is 16.9 Å². The number of fused-ring (bicyclic) bond motifs is 2. The Morgan fingerprint density at radius 3 is 2.51 bits per heavy atom. The molecule has 7 nitrogen and oxygen atoms in total. The zero-order valence-corrected chi connectivity index (χ0v) is 19.7. The van der Waals surface area contributed by atoms with Gasteiger partial charge in [0.05, 0.1) is 30.7 Å². The maximum atomic E-state index is 13.7. The lowest BCUT2D eigenvalue weighted by molar-refractivity contribution is 0.0714. The van der Waals surface area contributed by atoms with E-state index in [1.807, 2.05) is 44.2 Å². The first kappa shape index (κ1) is 22.5. The molecule has 0 spiro atoms. The summed E-state index contributed by atoms with van der Waals surface area (Å²) in [6, 6.07) is 16.9. The van der Waals surface area contributed by atoms with Crippen molar-refractivity contribution in [2.45, 2.75) is 26.4 Å². The predicted molar refractivity (Wildman–Crippen MR) is 131 cm³/mol. The average Bonchev–Trinajstić information content (AvgIpc) is 3.13. The minimum atomic E-state index is -0.708. The molecule has 0 unspecified atom stereocenters. The third kappa shape index (κ3) is 3.89. The highest BCUT2D eigenvalue weighted by Crippen LogP contribution is 2.41. The molecule has 1 aliphatic heterocycles. The normalized spacial score (nSPS) is 14.9. The van der Waals surface area contributed by atoms with Crippen molar-refractivity contribution < 1.29 is 23.8 Å². The number of rotatable bonds is 6. The second-order valence-corrected chi connectivity index (χ2v) is 8.52. The Kier molecular flexibility index (Phi) is 5.68. The smallest absolute Gasteiger partial charge is 0.291 e. The van der Waals surface area contributed by atoms with E-state index in [4.69, 9.17) is 13.9 Å². The van der Waals surface area contributed by atoms with Crippen molar-refractivity contribution in [3.05, 3.63) is 98.9 Å². The molecule has 0 saturated heterocycles. The SMILES string of the molecule is CCOc1cc([C@@H]2c3c(oc4ccc(C)cc4c3=O)C(=O)N2Cc2ccc(OC)cc2)ccc1O. The van der Waals surface area contributed by atoms with Gasteiger partial charge in [-0.05, 0) is 61.4 Å². The summed E-state index contributed by atoms with van der Waals surface area (Å²) in [7, 11) is 1.59. The number of phenolic OH excluding ortho intramolecular Hbond substituents is 1. The maximum Gasteiger partial charge on any atom is 0.291 e. The Morgan fingerprint density at radius 2 is 1.80 bits per heavy atom. The van der Waals surface area contributed by atoms with Gasteiger partial charge in [-0.15, -0.1) is 0 Å². The number of benzene rings is 3. The van der Waals surface area contributed by atoms with E-state index >= 15 is 0 Å². The number of amides is 1. The van der Waals surface area contributed by atoms with Crippen LogP contribution in [0.1, 0.15) is 45.8 Å². The van der Waals surface area contributed by atoms with Crippen molar-refractivity contribution in [1.29, 1.82) is 0 Å². The van der Waals surface area contributed by atoms with Gasteiger partial charge in [-0.2, -0.15) is 0 Å². The standard InChI is InChI=1S/C28H25NO6/c1-4-34-23-14-18(8-11-21(23)30)25-24-26(31)20-13-16(2)5-12-22(20)35-27(24)28(32)29(25)15-17-6-9-19(33-3)10-7-17/h5-14,25,30H,4,15H2,1-3H3/t25-/m1/s1. The predicted octanol–water partition coefficient (Wildman–Crippen LogP) is 4.96. The van der Waals surface area contributed by atoms with Gasteiger partial charge in [-0.3, -0.25) is 9.59 Å². The molecule has 1 aliphatic rings. The van der Waals surface area contributed by atoms with Gasteiger partial charge in [-0.1, -0.05) is 29.8 Å². The van der Waals surface area contributed by atoms with E-state index in [0.29, 0.717) is 28.9 Å². The zero-order valence-electron chi connectivity index (χ0n) is 19.7. The number of carbonyl (C=O) groups excluding carboxylic acids is 1. The van der Waals surface area contributed by atoms with Crippen molar-refractivity contribution in [3.8, 4) is 17.2 Å². The number of carbonyl (C=O) groups is 1. The molecule has 2 heterocycles. The fourth-order valence-electron chi connectivity index (χ4n) is 4.54. The summed E-state index contributed by atoms with van der Waals surface area (Å²) in [5.74, 6) is 0.654.